The van der Waals surface area contributed by atoms with Gasteiger partial charge in [0.15, 0.2) is 0 Å². The maximum Gasteiger partial charge on any atom is 0.0623 e. The van der Waals surface area contributed by atoms with Crippen LogP contribution >= 0.6 is 0 Å². The van der Waals surface area contributed by atoms with E-state index in [1.54, 1.807) is 12.3 Å². The molecule has 0 saturated heterocycles. The van der Waals surface area contributed by atoms with Crippen LogP contribution in [0.5, 0.6) is 0 Å². The standard InChI is InChI=1S/C7H7N.2C5H6/c1-2-7-5-3-4-6-8-7;2*1-2-4-5-3-1/h2-6H,1H2;2*1-4H,5H2. The van der Waals surface area contributed by atoms with E-state index in [4.69, 9.17) is 0 Å². The van der Waals surface area contributed by atoms with Crippen molar-refractivity contribution < 1.29 is 0 Å². The van der Waals surface area contributed by atoms with E-state index in [1.165, 1.54) is 0 Å². The summed E-state index contributed by atoms with van der Waals surface area (Å²) in [5.41, 5.74) is 0.924. The third kappa shape index (κ3) is 7.18. The van der Waals surface area contributed by atoms with Crippen molar-refractivity contribution in [3.05, 3.63) is 85.3 Å². The molecule has 0 spiro atoms. The van der Waals surface area contributed by atoms with Crippen molar-refractivity contribution in [1.82, 2.24) is 4.98 Å². The van der Waals surface area contributed by atoms with Gasteiger partial charge in [0.25, 0.3) is 0 Å². The molecular weight excluding hydrogens is 218 g/mol. The highest BCUT2D eigenvalue weighted by atomic mass is 14.6. The predicted octanol–water partition coefficient (Wildman–Crippen LogP) is 4.73. The Balaban J connectivity index is 0.000000141. The lowest BCUT2D eigenvalue weighted by molar-refractivity contribution is 1.30. The molecule has 0 aliphatic heterocycles. The van der Waals surface area contributed by atoms with Crippen LogP contribution in [0.3, 0.4) is 0 Å². The third-order valence-electron chi connectivity index (χ3n) is 2.21. The van der Waals surface area contributed by atoms with Crippen LogP contribution in [0.2, 0.25) is 0 Å². The van der Waals surface area contributed by atoms with Crippen LogP contribution in [0, 0.1) is 0 Å². The van der Waals surface area contributed by atoms with Gasteiger partial charge in [0, 0.05) is 6.20 Å². The fourth-order valence-electron chi connectivity index (χ4n) is 1.28. The topological polar surface area (TPSA) is 12.9 Å². The van der Waals surface area contributed by atoms with Crippen molar-refractivity contribution in [3.63, 3.8) is 0 Å². The first kappa shape index (κ1) is 13.9. The molecule has 1 nitrogen and oxygen atoms in total. The van der Waals surface area contributed by atoms with Gasteiger partial charge in [-0.1, -0.05) is 61.3 Å². The molecular formula is C17H19N. The van der Waals surface area contributed by atoms with E-state index in [-0.39, 0.29) is 0 Å². The average molecular weight is 237 g/mol. The summed E-state index contributed by atoms with van der Waals surface area (Å²) in [7, 11) is 0. The van der Waals surface area contributed by atoms with Crippen LogP contribution in [0.4, 0.5) is 0 Å². The van der Waals surface area contributed by atoms with Crippen molar-refractivity contribution in [3.8, 4) is 0 Å². The van der Waals surface area contributed by atoms with Gasteiger partial charge >= 0.3 is 0 Å². The van der Waals surface area contributed by atoms with Gasteiger partial charge in [0.1, 0.15) is 0 Å². The number of allylic oxidation sites excluding steroid dienone is 8. The molecule has 1 aromatic heterocycles. The highest BCUT2D eigenvalue weighted by Crippen LogP contribution is 1.94. The van der Waals surface area contributed by atoms with E-state index in [1.807, 2.05) is 18.2 Å². The fraction of sp³-hybridized carbons (Fsp3) is 0.118. The Morgan fingerprint density at radius 1 is 0.889 bits per heavy atom. The maximum atomic E-state index is 3.98. The molecule has 2 aliphatic carbocycles. The van der Waals surface area contributed by atoms with Gasteiger partial charge in [-0.15, -0.1) is 0 Å². The molecule has 0 amide bonds. The zero-order valence-corrected chi connectivity index (χ0v) is 10.6. The molecule has 1 heterocycles. The molecule has 0 saturated carbocycles. The first-order chi connectivity index (χ1) is 8.93. The van der Waals surface area contributed by atoms with Gasteiger partial charge in [-0.2, -0.15) is 0 Å². The van der Waals surface area contributed by atoms with Gasteiger partial charge in [-0.05, 0) is 31.1 Å². The zero-order valence-electron chi connectivity index (χ0n) is 10.6. The lowest BCUT2D eigenvalue weighted by atomic mass is 10.4. The van der Waals surface area contributed by atoms with Crippen LogP contribution in [0.25, 0.3) is 6.08 Å². The number of hydrogen-bond acceptors (Lipinski definition) is 1. The molecule has 0 unspecified atom stereocenters. The average Bonchev–Trinajstić information content (AvgIpc) is 3.17. The normalized spacial score (nSPS) is 13.6. The van der Waals surface area contributed by atoms with Gasteiger partial charge in [-0.3, -0.25) is 4.98 Å². The molecule has 0 radical (unpaired) electrons. The Morgan fingerprint density at radius 2 is 1.44 bits per heavy atom. The molecule has 2 aliphatic rings. The Labute approximate surface area is 110 Å². The van der Waals surface area contributed by atoms with E-state index in [2.05, 4.69) is 60.2 Å². The van der Waals surface area contributed by atoms with Gasteiger partial charge < -0.3 is 0 Å². The van der Waals surface area contributed by atoms with Crippen molar-refractivity contribution >= 4 is 6.08 Å². The SMILES string of the molecule is C1=CCC=C1.C1=CCC=C1.C=Cc1ccccn1. The molecule has 0 N–H and O–H groups in total. The third-order valence-corrected chi connectivity index (χ3v) is 2.21. The van der Waals surface area contributed by atoms with Crippen molar-refractivity contribution in [2.75, 3.05) is 0 Å². The largest absolute Gasteiger partial charge is 0.257 e. The molecule has 92 valence electrons. The highest BCUT2D eigenvalue weighted by molar-refractivity contribution is 5.40. The molecule has 0 bridgehead atoms. The molecule has 0 aromatic carbocycles. The smallest absolute Gasteiger partial charge is 0.0623 e. The first-order valence-electron chi connectivity index (χ1n) is 6.10. The van der Waals surface area contributed by atoms with Crippen molar-refractivity contribution in [2.45, 2.75) is 12.8 Å². The Bertz CT molecular complexity index is 394. The second kappa shape index (κ2) is 10.0. The molecule has 0 fully saturated rings. The highest BCUT2D eigenvalue weighted by Gasteiger charge is 1.77. The number of aromatic nitrogens is 1. The monoisotopic (exact) mass is 237 g/mol. The minimum Gasteiger partial charge on any atom is -0.257 e. The van der Waals surface area contributed by atoms with E-state index in [9.17, 15) is 0 Å². The summed E-state index contributed by atoms with van der Waals surface area (Å²) in [6.45, 7) is 3.57. The maximum absolute atomic E-state index is 3.98. The summed E-state index contributed by atoms with van der Waals surface area (Å²) in [6.07, 6.45) is 22.5. The zero-order chi connectivity index (χ0) is 12.9. The lowest BCUT2D eigenvalue weighted by Crippen LogP contribution is -1.73. The summed E-state index contributed by atoms with van der Waals surface area (Å²) in [5.74, 6) is 0. The second-order valence-electron chi connectivity index (χ2n) is 3.64. The number of hydrogen-bond donors (Lipinski definition) is 0. The summed E-state index contributed by atoms with van der Waals surface area (Å²) >= 11 is 0. The summed E-state index contributed by atoms with van der Waals surface area (Å²) in [6, 6.07) is 5.73. The number of pyridine rings is 1. The van der Waals surface area contributed by atoms with Crippen molar-refractivity contribution in [2.24, 2.45) is 0 Å². The summed E-state index contributed by atoms with van der Waals surface area (Å²) in [4.78, 5) is 3.98. The molecule has 1 aromatic rings. The molecule has 1 heteroatoms. The Kier molecular flexibility index (Phi) is 7.75. The van der Waals surface area contributed by atoms with Crippen molar-refractivity contribution in [1.29, 1.82) is 0 Å². The van der Waals surface area contributed by atoms with E-state index in [0.29, 0.717) is 0 Å². The van der Waals surface area contributed by atoms with Crippen LogP contribution < -0.4 is 0 Å². The van der Waals surface area contributed by atoms with Crippen LogP contribution in [-0.4, -0.2) is 4.98 Å². The van der Waals surface area contributed by atoms with Gasteiger partial charge in [0.2, 0.25) is 0 Å². The lowest BCUT2D eigenvalue weighted by Gasteiger charge is -1.84. The minimum atomic E-state index is 0.924. The summed E-state index contributed by atoms with van der Waals surface area (Å²) in [5, 5.41) is 0. The number of nitrogens with zero attached hydrogens (tertiary/aromatic N) is 1. The van der Waals surface area contributed by atoms with E-state index < -0.39 is 0 Å². The minimum absolute atomic E-state index is 0.924. The molecule has 18 heavy (non-hydrogen) atoms. The van der Waals surface area contributed by atoms with E-state index in [0.717, 1.165) is 18.5 Å². The van der Waals surface area contributed by atoms with Crippen LogP contribution in [0.15, 0.2) is 79.6 Å². The van der Waals surface area contributed by atoms with Crippen LogP contribution in [0.1, 0.15) is 18.5 Å². The number of rotatable bonds is 1. The fourth-order valence-corrected chi connectivity index (χ4v) is 1.28. The quantitative estimate of drug-likeness (QED) is 0.688. The first-order valence-corrected chi connectivity index (χ1v) is 6.10. The second-order valence-corrected chi connectivity index (χ2v) is 3.64. The van der Waals surface area contributed by atoms with Gasteiger partial charge in [-0.25, -0.2) is 0 Å². The van der Waals surface area contributed by atoms with Gasteiger partial charge in [0.05, 0.1) is 5.69 Å². The van der Waals surface area contributed by atoms with E-state index >= 15 is 0 Å². The predicted molar refractivity (Wildman–Crippen MR) is 80.1 cm³/mol. The molecule has 0 atom stereocenters. The Hall–Kier alpha value is -2.15. The van der Waals surface area contributed by atoms with Crippen LogP contribution in [-0.2, 0) is 0 Å². The Morgan fingerprint density at radius 3 is 1.67 bits per heavy atom. The molecule has 3 rings (SSSR count). The summed E-state index contributed by atoms with van der Waals surface area (Å²) < 4.78 is 0.